The maximum atomic E-state index is 14.1. The molecule has 342 valence electrons. The summed E-state index contributed by atoms with van der Waals surface area (Å²) in [5, 5.41) is 0. The van der Waals surface area contributed by atoms with Gasteiger partial charge in [0.05, 0.1) is 0 Å². The quantitative estimate of drug-likeness (QED) is 0.0440. The molecule has 2 unspecified atom stereocenters. The summed E-state index contributed by atoms with van der Waals surface area (Å²) in [6.45, 7) is 5.69. The highest BCUT2D eigenvalue weighted by Gasteiger charge is 2.92. The van der Waals surface area contributed by atoms with Gasteiger partial charge in [-0.15, -0.1) is 0 Å². The first kappa shape index (κ1) is 55.3. The molecule has 0 aromatic carbocycles. The number of ether oxygens (including phenoxy) is 2. The largest absolute Gasteiger partial charge is 0.460 e. The molecule has 0 radical (unpaired) electrons. The molecule has 2 atom stereocenters. The van der Waals surface area contributed by atoms with Gasteiger partial charge in [0.15, 0.2) is 0 Å². The van der Waals surface area contributed by atoms with Crippen molar-refractivity contribution in [3.8, 4) is 0 Å². The maximum Gasteiger partial charge on any atom is 0.460 e. The van der Waals surface area contributed by atoms with Gasteiger partial charge in [-0.2, -0.15) is 138 Å². The summed E-state index contributed by atoms with van der Waals surface area (Å²) in [4.78, 5) is 23.5. The van der Waals surface area contributed by atoms with Crippen molar-refractivity contribution < 1.29 is 133 Å². The number of alkyl halides is 26. The summed E-state index contributed by atoms with van der Waals surface area (Å²) in [6, 6.07) is 0. The van der Waals surface area contributed by atoms with Crippen LogP contribution in [-0.4, -0.2) is 119 Å². The van der Waals surface area contributed by atoms with Crippen molar-refractivity contribution in [1.82, 2.24) is 0 Å². The molecule has 0 fully saturated rings. The van der Waals surface area contributed by atoms with Crippen LogP contribution in [0, 0.1) is 0 Å². The van der Waals surface area contributed by atoms with Gasteiger partial charge in [-0.3, -0.25) is 0 Å². The normalized spacial score (nSPS) is 16.1. The van der Waals surface area contributed by atoms with E-state index in [9.17, 15) is 124 Å². The van der Waals surface area contributed by atoms with Crippen LogP contribution in [0.3, 0.4) is 0 Å². The lowest BCUT2D eigenvalue weighted by atomic mass is 9.93. The zero-order chi connectivity index (χ0) is 46.8. The van der Waals surface area contributed by atoms with Gasteiger partial charge < -0.3 is 9.47 Å². The van der Waals surface area contributed by atoms with E-state index in [1.165, 1.54) is 0 Å². The van der Waals surface area contributed by atoms with Gasteiger partial charge in [0.1, 0.15) is 12.2 Å². The van der Waals surface area contributed by atoms with E-state index in [1.807, 2.05) is 0 Å². The second kappa shape index (κ2) is 17.7. The number of thioether (sulfide) groups is 2. The number of hydrogen-bond donors (Lipinski definition) is 0. The summed E-state index contributed by atoms with van der Waals surface area (Å²) < 4.78 is 356. The third kappa shape index (κ3) is 10.2. The molecule has 0 bridgehead atoms. The van der Waals surface area contributed by atoms with Gasteiger partial charge in [-0.25, -0.2) is 9.59 Å². The molecular weight excluding hydrogens is 934 g/mol. The van der Waals surface area contributed by atoms with Gasteiger partial charge in [0.25, 0.3) is 0 Å². The summed E-state index contributed by atoms with van der Waals surface area (Å²) in [5.74, 6) is -86.8. The summed E-state index contributed by atoms with van der Waals surface area (Å²) in [6.07, 6.45) is -25.1. The van der Waals surface area contributed by atoms with Crippen molar-refractivity contribution in [2.24, 2.45) is 0 Å². The minimum atomic E-state index is -8.23. The lowest BCUT2D eigenvalue weighted by Gasteiger charge is -2.39. The first-order valence-corrected chi connectivity index (χ1v) is 16.4. The Kier molecular flexibility index (Phi) is 16.9. The van der Waals surface area contributed by atoms with Crippen LogP contribution >= 0.6 is 23.5 Å². The number of halogens is 26. The third-order valence-electron chi connectivity index (χ3n) is 6.96. The van der Waals surface area contributed by atoms with E-state index in [4.69, 9.17) is 0 Å². The van der Waals surface area contributed by atoms with E-state index in [2.05, 4.69) is 22.6 Å². The molecular formula is C26H20F26O4S2. The van der Waals surface area contributed by atoms with E-state index >= 15 is 0 Å². The SMILES string of the molecule is C=CC(=O)OC(CSCCC(F)(F)C(F)(F)C(F)(F)C(F)(F)C(F)(F)C(F)(F)F)C(CSCCC(F)(F)C(F)(F)C(F)(F)C(F)(F)C(F)(F)C(F)(F)F)OC(=O)C=C. The molecule has 0 aliphatic carbocycles. The highest BCUT2D eigenvalue weighted by atomic mass is 32.2. The van der Waals surface area contributed by atoms with Crippen LogP contribution in [0.1, 0.15) is 12.8 Å². The van der Waals surface area contributed by atoms with Crippen molar-refractivity contribution in [2.75, 3.05) is 23.0 Å². The summed E-state index contributed by atoms with van der Waals surface area (Å²) >= 11 is -0.647. The van der Waals surface area contributed by atoms with E-state index in [1.54, 1.807) is 0 Å². The van der Waals surface area contributed by atoms with Gasteiger partial charge in [0.2, 0.25) is 0 Å². The van der Waals surface area contributed by atoms with Crippen LogP contribution in [0.4, 0.5) is 114 Å². The molecule has 0 saturated heterocycles. The minimum absolute atomic E-state index is 0.242. The third-order valence-corrected chi connectivity index (χ3v) is 9.08. The number of rotatable bonds is 23. The minimum Gasteiger partial charge on any atom is -0.454 e. The highest BCUT2D eigenvalue weighted by Crippen LogP contribution is 2.62. The van der Waals surface area contributed by atoms with Crippen LogP contribution in [0.2, 0.25) is 0 Å². The van der Waals surface area contributed by atoms with Crippen LogP contribution in [0.25, 0.3) is 0 Å². The Morgan fingerprint density at radius 1 is 0.414 bits per heavy atom. The summed E-state index contributed by atoms with van der Waals surface area (Å²) in [7, 11) is 0. The monoisotopic (exact) mass is 954 g/mol. The molecule has 0 rings (SSSR count). The van der Waals surface area contributed by atoms with Crippen molar-refractivity contribution in [2.45, 2.75) is 96.6 Å². The average molecular weight is 955 g/mol. The molecule has 0 aromatic heterocycles. The number of hydrogen-bond acceptors (Lipinski definition) is 6. The fourth-order valence-electron chi connectivity index (χ4n) is 3.55. The first-order chi connectivity index (χ1) is 25.4. The van der Waals surface area contributed by atoms with E-state index in [0.717, 1.165) is 0 Å². The van der Waals surface area contributed by atoms with Crippen molar-refractivity contribution in [1.29, 1.82) is 0 Å². The molecule has 32 heteroatoms. The zero-order valence-electron chi connectivity index (χ0n) is 27.2. The molecule has 0 aliphatic heterocycles. The van der Waals surface area contributed by atoms with Crippen LogP contribution in [0.5, 0.6) is 0 Å². The molecule has 0 N–H and O–H groups in total. The standard InChI is InChI=1S/C26H20F26O4S2/c1-3-13(53)55-11(9-57-7-5-15(27,28)17(31,32)19(35,36)21(39,40)23(43,44)25(47,48)49)12(56-14(54)4-2)10-58-8-6-16(29,30)18(33,34)20(37,38)22(41,42)24(45,46)26(50,51)52/h3-4,11-12H,1-2,5-10H2. The number of carbonyl (C=O) groups is 2. The summed E-state index contributed by atoms with van der Waals surface area (Å²) in [5.41, 5.74) is 0. The second-order valence-electron chi connectivity index (χ2n) is 11.0. The Morgan fingerprint density at radius 3 is 0.845 bits per heavy atom. The number of esters is 2. The molecule has 0 spiro atoms. The Hall–Kier alpha value is -2.70. The van der Waals surface area contributed by atoms with E-state index in [0.29, 0.717) is 0 Å². The lowest BCUT2D eigenvalue weighted by molar-refractivity contribution is -0.439. The van der Waals surface area contributed by atoms with E-state index in [-0.39, 0.29) is 35.7 Å². The number of carbonyl (C=O) groups excluding carboxylic acids is 2. The zero-order valence-corrected chi connectivity index (χ0v) is 28.9. The van der Waals surface area contributed by atoms with Crippen LogP contribution in [0.15, 0.2) is 25.3 Å². The fourth-order valence-corrected chi connectivity index (χ4v) is 5.71. The highest BCUT2D eigenvalue weighted by molar-refractivity contribution is 7.99. The van der Waals surface area contributed by atoms with Crippen LogP contribution < -0.4 is 0 Å². The molecule has 0 aromatic rings. The van der Waals surface area contributed by atoms with Crippen molar-refractivity contribution in [3.63, 3.8) is 0 Å². The predicted octanol–water partition coefficient (Wildman–Crippen LogP) is 10.9. The Labute approximate surface area is 314 Å². The maximum absolute atomic E-state index is 14.1. The Morgan fingerprint density at radius 2 is 0.638 bits per heavy atom. The van der Waals surface area contributed by atoms with E-state index < -0.39 is 132 Å². The van der Waals surface area contributed by atoms with Crippen molar-refractivity contribution in [3.05, 3.63) is 25.3 Å². The van der Waals surface area contributed by atoms with Gasteiger partial charge in [-0.1, -0.05) is 13.2 Å². The molecule has 0 aliphatic rings. The molecule has 4 nitrogen and oxygen atoms in total. The van der Waals surface area contributed by atoms with Gasteiger partial charge in [-0.05, 0) is 11.5 Å². The Balaban J connectivity index is 6.26. The molecule has 0 heterocycles. The average Bonchev–Trinajstić information content (AvgIpc) is 3.05. The Bertz CT molecular complexity index is 1330. The molecule has 0 saturated carbocycles. The first-order valence-electron chi connectivity index (χ1n) is 14.1. The fraction of sp³-hybridized carbons (Fsp3) is 0.769. The lowest BCUT2D eigenvalue weighted by Crippen LogP contribution is -2.70. The van der Waals surface area contributed by atoms with Gasteiger partial charge in [0, 0.05) is 36.5 Å². The van der Waals surface area contributed by atoms with Crippen LogP contribution in [-0.2, 0) is 19.1 Å². The van der Waals surface area contributed by atoms with Gasteiger partial charge >= 0.3 is 83.5 Å². The smallest absolute Gasteiger partial charge is 0.454 e. The molecule has 0 amide bonds. The second-order valence-corrected chi connectivity index (χ2v) is 13.3. The predicted molar refractivity (Wildman–Crippen MR) is 146 cm³/mol. The van der Waals surface area contributed by atoms with Crippen molar-refractivity contribution >= 4 is 35.5 Å². The molecule has 58 heavy (non-hydrogen) atoms. The topological polar surface area (TPSA) is 52.6 Å².